The summed E-state index contributed by atoms with van der Waals surface area (Å²) in [5.74, 6) is 0.712. The van der Waals surface area contributed by atoms with Gasteiger partial charge in [-0.3, -0.25) is 0 Å². The summed E-state index contributed by atoms with van der Waals surface area (Å²) in [5.41, 5.74) is 1.11. The second-order valence-electron chi connectivity index (χ2n) is 3.99. The lowest BCUT2D eigenvalue weighted by Gasteiger charge is -1.99. The van der Waals surface area contributed by atoms with Crippen LogP contribution in [0.25, 0.3) is 10.4 Å². The quantitative estimate of drug-likeness (QED) is 0.789. The van der Waals surface area contributed by atoms with E-state index in [0.29, 0.717) is 5.92 Å². The first kappa shape index (κ1) is 10.3. The first-order valence-electron chi connectivity index (χ1n) is 5.10. The molecule has 0 aliphatic carbocycles. The molecule has 0 saturated heterocycles. The van der Waals surface area contributed by atoms with Crippen LogP contribution in [-0.2, 0) is 6.42 Å². The van der Waals surface area contributed by atoms with Crippen molar-refractivity contribution in [2.75, 3.05) is 0 Å². The molecule has 2 rings (SSSR count). The maximum atomic E-state index is 4.03. The SMILES string of the molecule is CC(C)Cc1ccc(-c2cncnc2)s1. The van der Waals surface area contributed by atoms with Crippen LogP contribution in [0, 0.1) is 5.92 Å². The molecule has 0 aromatic carbocycles. The van der Waals surface area contributed by atoms with Gasteiger partial charge in [-0.15, -0.1) is 11.3 Å². The molecule has 0 N–H and O–H groups in total. The lowest BCUT2D eigenvalue weighted by atomic mass is 10.1. The van der Waals surface area contributed by atoms with Gasteiger partial charge >= 0.3 is 0 Å². The molecule has 2 aromatic heterocycles. The number of aromatic nitrogens is 2. The third-order valence-electron chi connectivity index (χ3n) is 2.12. The summed E-state index contributed by atoms with van der Waals surface area (Å²) in [6.07, 6.45) is 6.43. The van der Waals surface area contributed by atoms with Crippen LogP contribution in [-0.4, -0.2) is 9.97 Å². The van der Waals surface area contributed by atoms with Crippen LogP contribution in [0.15, 0.2) is 30.9 Å². The number of rotatable bonds is 3. The average Bonchev–Trinajstić information content (AvgIpc) is 2.67. The molecule has 0 spiro atoms. The highest BCUT2D eigenvalue weighted by Gasteiger charge is 2.04. The monoisotopic (exact) mass is 218 g/mol. The van der Waals surface area contributed by atoms with E-state index in [1.807, 2.05) is 23.7 Å². The van der Waals surface area contributed by atoms with Crippen molar-refractivity contribution in [1.29, 1.82) is 0 Å². The Morgan fingerprint density at radius 3 is 2.60 bits per heavy atom. The van der Waals surface area contributed by atoms with E-state index in [2.05, 4.69) is 35.9 Å². The van der Waals surface area contributed by atoms with E-state index >= 15 is 0 Å². The Balaban J connectivity index is 2.21. The van der Waals surface area contributed by atoms with E-state index in [9.17, 15) is 0 Å². The predicted octanol–water partition coefficient (Wildman–Crippen LogP) is 3.40. The summed E-state index contributed by atoms with van der Waals surface area (Å²) in [5, 5.41) is 0. The highest BCUT2D eigenvalue weighted by Crippen LogP contribution is 2.28. The Hall–Kier alpha value is -1.22. The molecule has 2 nitrogen and oxygen atoms in total. The first-order valence-corrected chi connectivity index (χ1v) is 5.91. The average molecular weight is 218 g/mol. The van der Waals surface area contributed by atoms with Crippen LogP contribution in [0.3, 0.4) is 0 Å². The van der Waals surface area contributed by atoms with E-state index in [1.165, 1.54) is 9.75 Å². The fraction of sp³-hybridized carbons (Fsp3) is 0.333. The smallest absolute Gasteiger partial charge is 0.115 e. The molecule has 0 aliphatic rings. The molecule has 0 saturated carbocycles. The maximum absolute atomic E-state index is 4.03. The van der Waals surface area contributed by atoms with Crippen molar-refractivity contribution in [3.63, 3.8) is 0 Å². The zero-order valence-corrected chi connectivity index (χ0v) is 9.79. The van der Waals surface area contributed by atoms with Gasteiger partial charge in [-0.2, -0.15) is 0 Å². The molecule has 2 heterocycles. The lowest BCUT2D eigenvalue weighted by molar-refractivity contribution is 0.654. The van der Waals surface area contributed by atoms with Crippen LogP contribution in [0.2, 0.25) is 0 Å². The molecule has 0 fully saturated rings. The molecular weight excluding hydrogens is 204 g/mol. The molecule has 0 amide bonds. The van der Waals surface area contributed by atoms with E-state index in [1.54, 1.807) is 6.33 Å². The van der Waals surface area contributed by atoms with Crippen molar-refractivity contribution in [3.8, 4) is 10.4 Å². The minimum Gasteiger partial charge on any atom is -0.244 e. The molecule has 0 unspecified atom stereocenters. The van der Waals surface area contributed by atoms with Gasteiger partial charge < -0.3 is 0 Å². The second kappa shape index (κ2) is 4.53. The minimum atomic E-state index is 0.712. The minimum absolute atomic E-state index is 0.712. The van der Waals surface area contributed by atoms with Crippen molar-refractivity contribution >= 4 is 11.3 Å². The molecule has 0 bridgehead atoms. The summed E-state index contributed by atoms with van der Waals surface area (Å²) < 4.78 is 0. The lowest BCUT2D eigenvalue weighted by Crippen LogP contribution is -1.89. The van der Waals surface area contributed by atoms with Crippen LogP contribution in [0.1, 0.15) is 18.7 Å². The van der Waals surface area contributed by atoms with Gasteiger partial charge in [0.25, 0.3) is 0 Å². The van der Waals surface area contributed by atoms with Gasteiger partial charge in [0.2, 0.25) is 0 Å². The van der Waals surface area contributed by atoms with E-state index in [4.69, 9.17) is 0 Å². The van der Waals surface area contributed by atoms with E-state index < -0.39 is 0 Å². The number of nitrogens with zero attached hydrogens (tertiary/aromatic N) is 2. The predicted molar refractivity (Wildman–Crippen MR) is 63.9 cm³/mol. The molecule has 78 valence electrons. The van der Waals surface area contributed by atoms with Crippen LogP contribution in [0.5, 0.6) is 0 Å². The molecule has 0 aliphatic heterocycles. The van der Waals surface area contributed by atoms with Crippen LogP contribution < -0.4 is 0 Å². The van der Waals surface area contributed by atoms with Crippen molar-refractivity contribution in [3.05, 3.63) is 35.7 Å². The molecule has 3 heteroatoms. The summed E-state index contributed by atoms with van der Waals surface area (Å²) in [6.45, 7) is 4.48. The summed E-state index contributed by atoms with van der Waals surface area (Å²) >= 11 is 1.83. The summed E-state index contributed by atoms with van der Waals surface area (Å²) in [4.78, 5) is 10.7. The van der Waals surface area contributed by atoms with Crippen molar-refractivity contribution < 1.29 is 0 Å². The highest BCUT2D eigenvalue weighted by molar-refractivity contribution is 7.15. The van der Waals surface area contributed by atoms with Crippen molar-refractivity contribution in [2.24, 2.45) is 5.92 Å². The van der Waals surface area contributed by atoms with Gasteiger partial charge in [-0.05, 0) is 24.5 Å². The highest BCUT2D eigenvalue weighted by atomic mass is 32.1. The third-order valence-corrected chi connectivity index (χ3v) is 3.27. The Morgan fingerprint density at radius 1 is 1.20 bits per heavy atom. The third kappa shape index (κ3) is 2.63. The topological polar surface area (TPSA) is 25.8 Å². The molecule has 2 aromatic rings. The largest absolute Gasteiger partial charge is 0.244 e. The van der Waals surface area contributed by atoms with Gasteiger partial charge in [0.05, 0.1) is 0 Å². The molecule has 15 heavy (non-hydrogen) atoms. The van der Waals surface area contributed by atoms with Gasteiger partial charge in [0, 0.05) is 27.7 Å². The Kier molecular flexibility index (Phi) is 3.11. The summed E-state index contributed by atoms with van der Waals surface area (Å²) in [6, 6.07) is 4.36. The normalized spacial score (nSPS) is 10.9. The van der Waals surface area contributed by atoms with E-state index in [0.717, 1.165) is 12.0 Å². The zero-order chi connectivity index (χ0) is 10.7. The van der Waals surface area contributed by atoms with Crippen LogP contribution >= 0.6 is 11.3 Å². The fourth-order valence-electron chi connectivity index (χ4n) is 1.47. The van der Waals surface area contributed by atoms with Gasteiger partial charge in [-0.25, -0.2) is 9.97 Å². The first-order chi connectivity index (χ1) is 7.25. The number of hydrogen-bond donors (Lipinski definition) is 0. The number of thiophene rings is 1. The molecule has 0 radical (unpaired) electrons. The Labute approximate surface area is 94.0 Å². The Morgan fingerprint density at radius 2 is 1.93 bits per heavy atom. The zero-order valence-electron chi connectivity index (χ0n) is 8.97. The standard InChI is InChI=1S/C12H14N2S/c1-9(2)5-11-3-4-12(15-11)10-6-13-8-14-7-10/h3-4,6-9H,5H2,1-2H3. The number of hydrogen-bond acceptors (Lipinski definition) is 3. The van der Waals surface area contributed by atoms with Gasteiger partial charge in [-0.1, -0.05) is 13.8 Å². The van der Waals surface area contributed by atoms with Crippen molar-refractivity contribution in [2.45, 2.75) is 20.3 Å². The second-order valence-corrected chi connectivity index (χ2v) is 5.16. The van der Waals surface area contributed by atoms with Crippen LogP contribution in [0.4, 0.5) is 0 Å². The fourth-order valence-corrected chi connectivity index (χ4v) is 2.67. The summed E-state index contributed by atoms with van der Waals surface area (Å²) in [7, 11) is 0. The Bertz CT molecular complexity index is 420. The van der Waals surface area contributed by atoms with Gasteiger partial charge in [0.15, 0.2) is 0 Å². The molecular formula is C12H14N2S. The van der Waals surface area contributed by atoms with Gasteiger partial charge in [0.1, 0.15) is 6.33 Å². The maximum Gasteiger partial charge on any atom is 0.115 e. The molecule has 0 atom stereocenters. The van der Waals surface area contributed by atoms with Crippen molar-refractivity contribution in [1.82, 2.24) is 9.97 Å². The van der Waals surface area contributed by atoms with E-state index in [-0.39, 0.29) is 0 Å².